The van der Waals surface area contributed by atoms with Gasteiger partial charge in [0.1, 0.15) is 6.04 Å². The first kappa shape index (κ1) is 12.0. The Bertz CT molecular complexity index is 366. The molecule has 0 aliphatic carbocycles. The van der Waals surface area contributed by atoms with Crippen LogP contribution in [0.15, 0.2) is 18.2 Å². The van der Waals surface area contributed by atoms with Gasteiger partial charge in [-0.05, 0) is 30.9 Å². The molecule has 0 fully saturated rings. The van der Waals surface area contributed by atoms with E-state index >= 15 is 0 Å². The molecule has 0 spiro atoms. The standard InChI is InChI=1S/C11H14ClNO2/c1-7-3-2-4-8(10(7)12)5-6-9(13)11(14)15/h2-4,9H,5-6,13H2,1H3,(H,14,15)/t9-/m0/s1. The normalized spacial score (nSPS) is 12.5. The molecule has 0 aromatic heterocycles. The first-order valence-electron chi connectivity index (χ1n) is 4.74. The molecule has 0 heterocycles. The molecule has 0 saturated carbocycles. The van der Waals surface area contributed by atoms with Crippen molar-refractivity contribution in [1.82, 2.24) is 0 Å². The van der Waals surface area contributed by atoms with Crippen LogP contribution in [-0.2, 0) is 11.2 Å². The molecule has 0 saturated heterocycles. The van der Waals surface area contributed by atoms with E-state index in [0.717, 1.165) is 11.1 Å². The second-order valence-electron chi connectivity index (χ2n) is 3.53. The molecule has 0 amide bonds. The Hall–Kier alpha value is -1.06. The molecule has 3 nitrogen and oxygen atoms in total. The van der Waals surface area contributed by atoms with Gasteiger partial charge in [0.25, 0.3) is 0 Å². The number of carboxylic acid groups (broad SMARTS) is 1. The molecule has 1 aromatic carbocycles. The van der Waals surface area contributed by atoms with Crippen LogP contribution in [0.25, 0.3) is 0 Å². The molecule has 82 valence electrons. The molecule has 1 aromatic rings. The minimum Gasteiger partial charge on any atom is -0.480 e. The van der Waals surface area contributed by atoms with Gasteiger partial charge >= 0.3 is 5.97 Å². The Labute approximate surface area is 93.9 Å². The summed E-state index contributed by atoms with van der Waals surface area (Å²) in [6.45, 7) is 1.92. The van der Waals surface area contributed by atoms with Crippen molar-refractivity contribution < 1.29 is 9.90 Å². The minimum absolute atomic E-state index is 0.401. The number of carboxylic acids is 1. The van der Waals surface area contributed by atoms with Gasteiger partial charge in [0.15, 0.2) is 0 Å². The number of benzene rings is 1. The van der Waals surface area contributed by atoms with Crippen molar-refractivity contribution in [3.05, 3.63) is 34.3 Å². The third kappa shape index (κ3) is 3.22. The van der Waals surface area contributed by atoms with Gasteiger partial charge in [-0.2, -0.15) is 0 Å². The van der Waals surface area contributed by atoms with Crippen molar-refractivity contribution in [2.45, 2.75) is 25.8 Å². The van der Waals surface area contributed by atoms with Crippen LogP contribution in [0.5, 0.6) is 0 Å². The zero-order valence-electron chi connectivity index (χ0n) is 8.53. The zero-order chi connectivity index (χ0) is 11.4. The first-order valence-corrected chi connectivity index (χ1v) is 5.12. The Morgan fingerprint density at radius 3 is 2.87 bits per heavy atom. The Balaban J connectivity index is 2.66. The SMILES string of the molecule is Cc1cccc(CC[C@H](N)C(=O)O)c1Cl. The van der Waals surface area contributed by atoms with Crippen molar-refractivity contribution in [2.24, 2.45) is 5.73 Å². The van der Waals surface area contributed by atoms with Gasteiger partial charge in [0.2, 0.25) is 0 Å². The van der Waals surface area contributed by atoms with Gasteiger partial charge in [-0.25, -0.2) is 0 Å². The third-order valence-electron chi connectivity index (χ3n) is 2.31. The Morgan fingerprint density at radius 1 is 1.60 bits per heavy atom. The monoisotopic (exact) mass is 227 g/mol. The van der Waals surface area contributed by atoms with E-state index in [-0.39, 0.29) is 0 Å². The molecule has 0 aliphatic rings. The molecule has 0 aliphatic heterocycles. The number of aryl methyl sites for hydroxylation is 2. The predicted molar refractivity (Wildman–Crippen MR) is 60.1 cm³/mol. The van der Waals surface area contributed by atoms with E-state index in [1.54, 1.807) is 0 Å². The highest BCUT2D eigenvalue weighted by molar-refractivity contribution is 6.32. The molecule has 0 radical (unpaired) electrons. The van der Waals surface area contributed by atoms with Gasteiger partial charge in [0, 0.05) is 5.02 Å². The van der Waals surface area contributed by atoms with Gasteiger partial charge < -0.3 is 10.8 Å². The van der Waals surface area contributed by atoms with Crippen molar-refractivity contribution in [1.29, 1.82) is 0 Å². The smallest absolute Gasteiger partial charge is 0.320 e. The topological polar surface area (TPSA) is 63.3 Å². The van der Waals surface area contributed by atoms with Gasteiger partial charge in [-0.3, -0.25) is 4.79 Å². The summed E-state index contributed by atoms with van der Waals surface area (Å²) in [6.07, 6.45) is 0.993. The molecule has 15 heavy (non-hydrogen) atoms. The van der Waals surface area contributed by atoms with Crippen LogP contribution in [-0.4, -0.2) is 17.1 Å². The number of hydrogen-bond donors (Lipinski definition) is 2. The highest BCUT2D eigenvalue weighted by atomic mass is 35.5. The van der Waals surface area contributed by atoms with E-state index in [1.807, 2.05) is 25.1 Å². The summed E-state index contributed by atoms with van der Waals surface area (Å²) < 4.78 is 0. The average Bonchev–Trinajstić information content (AvgIpc) is 2.19. The van der Waals surface area contributed by atoms with E-state index in [9.17, 15) is 4.79 Å². The lowest BCUT2D eigenvalue weighted by atomic mass is 10.0. The van der Waals surface area contributed by atoms with Crippen LogP contribution in [0, 0.1) is 6.92 Å². The molecule has 4 heteroatoms. The zero-order valence-corrected chi connectivity index (χ0v) is 9.29. The van der Waals surface area contributed by atoms with E-state index in [4.69, 9.17) is 22.4 Å². The summed E-state index contributed by atoms with van der Waals surface area (Å²) in [5, 5.41) is 9.33. The summed E-state index contributed by atoms with van der Waals surface area (Å²) in [4.78, 5) is 10.5. The number of aliphatic carboxylic acids is 1. The lowest BCUT2D eigenvalue weighted by Crippen LogP contribution is -2.30. The highest BCUT2D eigenvalue weighted by Gasteiger charge is 2.12. The number of carbonyl (C=O) groups is 1. The number of nitrogens with two attached hydrogens (primary N) is 1. The molecular weight excluding hydrogens is 214 g/mol. The van der Waals surface area contributed by atoms with Gasteiger partial charge in [0.05, 0.1) is 0 Å². The predicted octanol–water partition coefficient (Wildman–Crippen LogP) is 1.99. The van der Waals surface area contributed by atoms with Crippen molar-refractivity contribution in [2.75, 3.05) is 0 Å². The fourth-order valence-electron chi connectivity index (χ4n) is 1.34. The fraction of sp³-hybridized carbons (Fsp3) is 0.364. The minimum atomic E-state index is -0.973. The van der Waals surface area contributed by atoms with Crippen LogP contribution >= 0.6 is 11.6 Å². The summed E-state index contributed by atoms with van der Waals surface area (Å²) in [5.41, 5.74) is 7.36. The van der Waals surface area contributed by atoms with Gasteiger partial charge in [-0.1, -0.05) is 29.8 Å². The summed E-state index contributed by atoms with van der Waals surface area (Å²) in [7, 11) is 0. The summed E-state index contributed by atoms with van der Waals surface area (Å²) in [6, 6.07) is 4.90. The Kier molecular flexibility index (Phi) is 4.12. The van der Waals surface area contributed by atoms with Crippen molar-refractivity contribution >= 4 is 17.6 Å². The lowest BCUT2D eigenvalue weighted by molar-refractivity contribution is -0.138. The van der Waals surface area contributed by atoms with E-state index in [0.29, 0.717) is 17.9 Å². The fourth-order valence-corrected chi connectivity index (χ4v) is 1.56. The second-order valence-corrected chi connectivity index (χ2v) is 3.91. The first-order chi connectivity index (χ1) is 7.02. The van der Waals surface area contributed by atoms with Crippen molar-refractivity contribution in [3.63, 3.8) is 0 Å². The number of halogens is 1. The molecule has 3 N–H and O–H groups in total. The molecule has 0 bridgehead atoms. The van der Waals surface area contributed by atoms with Crippen LogP contribution in [0.3, 0.4) is 0 Å². The maximum absolute atomic E-state index is 10.5. The van der Waals surface area contributed by atoms with Crippen molar-refractivity contribution in [3.8, 4) is 0 Å². The van der Waals surface area contributed by atoms with E-state index in [1.165, 1.54) is 0 Å². The Morgan fingerprint density at radius 2 is 2.27 bits per heavy atom. The van der Waals surface area contributed by atoms with Crippen LogP contribution < -0.4 is 5.73 Å². The van der Waals surface area contributed by atoms with E-state index in [2.05, 4.69) is 0 Å². The number of rotatable bonds is 4. The van der Waals surface area contributed by atoms with Crippen LogP contribution in [0.2, 0.25) is 5.02 Å². The molecule has 1 atom stereocenters. The van der Waals surface area contributed by atoms with Crippen LogP contribution in [0.1, 0.15) is 17.5 Å². The maximum atomic E-state index is 10.5. The quantitative estimate of drug-likeness (QED) is 0.827. The van der Waals surface area contributed by atoms with E-state index < -0.39 is 12.0 Å². The third-order valence-corrected chi connectivity index (χ3v) is 2.85. The largest absolute Gasteiger partial charge is 0.480 e. The highest BCUT2D eigenvalue weighted by Crippen LogP contribution is 2.21. The van der Waals surface area contributed by atoms with Gasteiger partial charge in [-0.15, -0.1) is 0 Å². The number of hydrogen-bond acceptors (Lipinski definition) is 2. The summed E-state index contributed by atoms with van der Waals surface area (Å²) in [5.74, 6) is -0.973. The summed E-state index contributed by atoms with van der Waals surface area (Å²) >= 11 is 6.07. The molecule has 1 rings (SSSR count). The molecule has 0 unspecified atom stereocenters. The average molecular weight is 228 g/mol. The molecular formula is C11H14ClNO2. The maximum Gasteiger partial charge on any atom is 0.320 e. The van der Waals surface area contributed by atoms with Crippen LogP contribution in [0.4, 0.5) is 0 Å². The second kappa shape index (κ2) is 5.14. The lowest BCUT2D eigenvalue weighted by Gasteiger charge is -2.08.